The molecule has 1 aliphatic rings. The predicted molar refractivity (Wildman–Crippen MR) is 157 cm³/mol. The summed E-state index contributed by atoms with van der Waals surface area (Å²) in [6.07, 6.45) is 0.726. The molecule has 7 nitrogen and oxygen atoms in total. The van der Waals surface area contributed by atoms with Crippen LogP contribution in [-0.4, -0.2) is 49.4 Å². The van der Waals surface area contributed by atoms with Crippen molar-refractivity contribution in [2.75, 3.05) is 20.3 Å². The third-order valence-corrected chi connectivity index (χ3v) is 7.50. The van der Waals surface area contributed by atoms with E-state index >= 15 is 0 Å². The SMILES string of the molecule is COc1ccc(C[C@H](CC(=O)[C@@H](C)COCc2ccccc2)C(=O)N[C@@H](Cc2ccccc2)C(=O)[C@@]2(C)CO2)cc1. The Morgan fingerprint density at radius 3 is 2.05 bits per heavy atom. The number of hydrogen-bond acceptors (Lipinski definition) is 6. The van der Waals surface area contributed by atoms with Gasteiger partial charge in [-0.1, -0.05) is 79.7 Å². The number of Topliss-reactive ketones (excluding diaryl/α,β-unsaturated/α-hetero) is 2. The van der Waals surface area contributed by atoms with E-state index in [1.807, 2.05) is 91.9 Å². The zero-order valence-corrected chi connectivity index (χ0v) is 24.0. The number of hydrogen-bond donors (Lipinski definition) is 1. The zero-order valence-electron chi connectivity index (χ0n) is 24.0. The largest absolute Gasteiger partial charge is 0.497 e. The normalized spacial score (nSPS) is 18.1. The van der Waals surface area contributed by atoms with E-state index in [2.05, 4.69) is 5.32 Å². The van der Waals surface area contributed by atoms with Crippen molar-refractivity contribution in [3.63, 3.8) is 0 Å². The molecule has 0 unspecified atom stereocenters. The van der Waals surface area contributed by atoms with Gasteiger partial charge in [0.25, 0.3) is 0 Å². The maximum absolute atomic E-state index is 13.8. The molecule has 216 valence electrons. The number of nitrogens with one attached hydrogen (secondary N) is 1. The van der Waals surface area contributed by atoms with Crippen LogP contribution in [0.1, 0.15) is 37.0 Å². The third-order valence-electron chi connectivity index (χ3n) is 7.50. The van der Waals surface area contributed by atoms with Gasteiger partial charge in [0, 0.05) is 18.3 Å². The molecular formula is C34H39NO6. The summed E-state index contributed by atoms with van der Waals surface area (Å²) < 4.78 is 16.5. The first-order chi connectivity index (χ1) is 19.8. The van der Waals surface area contributed by atoms with Gasteiger partial charge in [-0.15, -0.1) is 0 Å². The zero-order chi connectivity index (χ0) is 29.2. The van der Waals surface area contributed by atoms with Crippen molar-refractivity contribution in [2.24, 2.45) is 11.8 Å². The average molecular weight is 558 g/mol. The number of carbonyl (C=O) groups is 3. The molecule has 7 heteroatoms. The maximum Gasteiger partial charge on any atom is 0.224 e. The van der Waals surface area contributed by atoms with Gasteiger partial charge in [0.1, 0.15) is 17.1 Å². The molecule has 1 saturated heterocycles. The summed E-state index contributed by atoms with van der Waals surface area (Å²) in [6.45, 7) is 4.58. The van der Waals surface area contributed by atoms with Crippen LogP contribution in [-0.2, 0) is 43.3 Å². The average Bonchev–Trinajstić information content (AvgIpc) is 3.75. The van der Waals surface area contributed by atoms with Crippen LogP contribution >= 0.6 is 0 Å². The molecule has 1 aliphatic heterocycles. The van der Waals surface area contributed by atoms with Gasteiger partial charge in [-0.05, 0) is 48.6 Å². The number of benzene rings is 3. The van der Waals surface area contributed by atoms with Gasteiger partial charge in [0.2, 0.25) is 5.91 Å². The fraction of sp³-hybridized carbons (Fsp3) is 0.382. The Kier molecular flexibility index (Phi) is 10.4. The van der Waals surface area contributed by atoms with Crippen LogP contribution in [0.15, 0.2) is 84.9 Å². The van der Waals surface area contributed by atoms with Crippen LogP contribution in [0.25, 0.3) is 0 Å². The van der Waals surface area contributed by atoms with Crippen LogP contribution in [0.5, 0.6) is 5.75 Å². The van der Waals surface area contributed by atoms with Crippen LogP contribution in [0, 0.1) is 11.8 Å². The Balaban J connectivity index is 1.46. The number of rotatable bonds is 16. The van der Waals surface area contributed by atoms with E-state index in [1.54, 1.807) is 14.0 Å². The summed E-state index contributed by atoms with van der Waals surface area (Å²) in [5.41, 5.74) is 1.97. The van der Waals surface area contributed by atoms with Crippen LogP contribution in [0.2, 0.25) is 0 Å². The van der Waals surface area contributed by atoms with Crippen molar-refractivity contribution in [1.82, 2.24) is 5.32 Å². The molecule has 3 aromatic carbocycles. The van der Waals surface area contributed by atoms with Gasteiger partial charge in [0.05, 0.1) is 33.0 Å². The lowest BCUT2D eigenvalue weighted by Crippen LogP contribution is -2.49. The molecule has 0 radical (unpaired) electrons. The van der Waals surface area contributed by atoms with Gasteiger partial charge >= 0.3 is 0 Å². The van der Waals surface area contributed by atoms with Gasteiger partial charge in [0.15, 0.2) is 5.78 Å². The minimum absolute atomic E-state index is 0.0355. The van der Waals surface area contributed by atoms with Crippen molar-refractivity contribution in [3.8, 4) is 5.75 Å². The van der Waals surface area contributed by atoms with Gasteiger partial charge < -0.3 is 19.5 Å². The Bertz CT molecular complexity index is 1290. The van der Waals surface area contributed by atoms with E-state index in [9.17, 15) is 14.4 Å². The van der Waals surface area contributed by atoms with Crippen molar-refractivity contribution < 1.29 is 28.6 Å². The van der Waals surface area contributed by atoms with Gasteiger partial charge in [-0.2, -0.15) is 0 Å². The lowest BCUT2D eigenvalue weighted by atomic mass is 9.88. The summed E-state index contributed by atoms with van der Waals surface area (Å²) in [4.78, 5) is 40.4. The van der Waals surface area contributed by atoms with Crippen LogP contribution in [0.3, 0.4) is 0 Å². The molecule has 1 fully saturated rings. The summed E-state index contributed by atoms with van der Waals surface area (Å²) >= 11 is 0. The molecule has 1 N–H and O–H groups in total. The van der Waals surface area contributed by atoms with Crippen molar-refractivity contribution in [3.05, 3.63) is 102 Å². The molecule has 1 amide bonds. The van der Waals surface area contributed by atoms with Crippen LogP contribution < -0.4 is 10.1 Å². The van der Waals surface area contributed by atoms with Crippen molar-refractivity contribution in [2.45, 2.75) is 51.4 Å². The summed E-state index contributed by atoms with van der Waals surface area (Å²) in [6, 6.07) is 26.0. The molecule has 1 heterocycles. The molecule has 0 aromatic heterocycles. The van der Waals surface area contributed by atoms with E-state index in [0.29, 0.717) is 31.8 Å². The minimum atomic E-state index is -0.890. The Morgan fingerprint density at radius 2 is 1.46 bits per heavy atom. The van der Waals surface area contributed by atoms with E-state index in [1.165, 1.54) is 0 Å². The quantitative estimate of drug-likeness (QED) is 0.256. The molecule has 0 aliphatic carbocycles. The lowest BCUT2D eigenvalue weighted by molar-refractivity contribution is -0.134. The predicted octanol–water partition coefficient (Wildman–Crippen LogP) is 4.75. The standard InChI is InChI=1S/C34H39NO6/c1-24(21-40-22-27-12-8-5-9-13-27)31(36)20-28(18-26-14-16-29(39-3)17-15-26)33(38)35-30(32(37)34(2)23-41-34)19-25-10-6-4-7-11-25/h4-17,24,28,30H,18-23H2,1-3H3,(H,35,38)/t24-,28+,30-,34+/m0/s1. The van der Waals surface area contributed by atoms with E-state index in [0.717, 1.165) is 16.7 Å². The van der Waals surface area contributed by atoms with Crippen LogP contribution in [0.4, 0.5) is 0 Å². The Morgan fingerprint density at radius 1 is 0.878 bits per heavy atom. The van der Waals surface area contributed by atoms with Crippen molar-refractivity contribution >= 4 is 17.5 Å². The molecule has 0 saturated carbocycles. The maximum atomic E-state index is 13.8. The molecule has 0 spiro atoms. The fourth-order valence-corrected chi connectivity index (χ4v) is 4.74. The molecule has 0 bridgehead atoms. The lowest BCUT2D eigenvalue weighted by Gasteiger charge is -2.24. The molecular weight excluding hydrogens is 518 g/mol. The number of ketones is 2. The second-order valence-electron chi connectivity index (χ2n) is 11.0. The van der Waals surface area contributed by atoms with Gasteiger partial charge in [-0.25, -0.2) is 0 Å². The van der Waals surface area contributed by atoms with E-state index < -0.39 is 17.6 Å². The monoisotopic (exact) mass is 557 g/mol. The third kappa shape index (κ3) is 8.84. The van der Waals surface area contributed by atoms with Crippen molar-refractivity contribution in [1.29, 1.82) is 0 Å². The highest BCUT2D eigenvalue weighted by atomic mass is 16.6. The number of ether oxygens (including phenoxy) is 3. The van der Waals surface area contributed by atoms with Gasteiger partial charge in [-0.3, -0.25) is 14.4 Å². The second kappa shape index (κ2) is 14.2. The Labute approximate surface area is 242 Å². The summed E-state index contributed by atoms with van der Waals surface area (Å²) in [7, 11) is 1.60. The number of carbonyl (C=O) groups excluding carboxylic acids is 3. The highest BCUT2D eigenvalue weighted by molar-refractivity contribution is 5.97. The highest BCUT2D eigenvalue weighted by Gasteiger charge is 2.50. The number of epoxide rings is 1. The molecule has 4 rings (SSSR count). The molecule has 3 aromatic rings. The first-order valence-corrected chi connectivity index (χ1v) is 14.1. The Hall–Kier alpha value is -3.81. The topological polar surface area (TPSA) is 94.2 Å². The number of methoxy groups -OCH3 is 1. The second-order valence-corrected chi connectivity index (χ2v) is 11.0. The summed E-state index contributed by atoms with van der Waals surface area (Å²) in [5.74, 6) is -0.884. The highest BCUT2D eigenvalue weighted by Crippen LogP contribution is 2.29. The smallest absolute Gasteiger partial charge is 0.224 e. The minimum Gasteiger partial charge on any atom is -0.497 e. The first-order valence-electron chi connectivity index (χ1n) is 14.1. The van der Waals surface area contributed by atoms with E-state index in [4.69, 9.17) is 14.2 Å². The van der Waals surface area contributed by atoms with E-state index in [-0.39, 0.29) is 36.4 Å². The molecule has 4 atom stereocenters. The summed E-state index contributed by atoms with van der Waals surface area (Å²) in [5, 5.41) is 2.99. The first kappa shape index (κ1) is 30.2. The molecule has 41 heavy (non-hydrogen) atoms. The number of amides is 1. The fourth-order valence-electron chi connectivity index (χ4n) is 4.74.